The second-order valence-electron chi connectivity index (χ2n) is 8.86. The van der Waals surface area contributed by atoms with Crippen LogP contribution in [-0.2, 0) is 24.2 Å². The number of aromatic nitrogens is 3. The number of rotatable bonds is 8. The van der Waals surface area contributed by atoms with Gasteiger partial charge < -0.3 is 18.9 Å². The first-order valence-corrected chi connectivity index (χ1v) is 12.0. The van der Waals surface area contributed by atoms with E-state index in [0.29, 0.717) is 35.5 Å². The van der Waals surface area contributed by atoms with Crippen LogP contribution in [-0.4, -0.2) is 31.9 Å². The Bertz CT molecular complexity index is 1370. The van der Waals surface area contributed by atoms with Crippen molar-refractivity contribution in [2.45, 2.75) is 58.6 Å². The fourth-order valence-corrected chi connectivity index (χ4v) is 5.01. The average molecular weight is 480 g/mol. The number of hydrogen-bond acceptors (Lipinski definition) is 5. The highest BCUT2D eigenvalue weighted by Gasteiger charge is 2.25. The number of fused-ring (bicyclic) bond motifs is 3. The van der Waals surface area contributed by atoms with Gasteiger partial charge in [-0.15, -0.1) is 0 Å². The van der Waals surface area contributed by atoms with Crippen LogP contribution < -0.4 is 4.74 Å². The number of nitrogens with zero attached hydrogens (tertiary/aromatic N) is 3. The van der Waals surface area contributed by atoms with Crippen LogP contribution in [0.1, 0.15) is 44.4 Å². The van der Waals surface area contributed by atoms with Crippen molar-refractivity contribution in [2.24, 2.45) is 0 Å². The van der Waals surface area contributed by atoms with Gasteiger partial charge in [0.05, 0.1) is 11.1 Å². The van der Waals surface area contributed by atoms with Crippen LogP contribution in [0.15, 0.2) is 40.9 Å². The molecule has 2 aromatic heterocycles. The zero-order valence-electron chi connectivity index (χ0n) is 19.2. The maximum Gasteiger partial charge on any atom is 0.303 e. The summed E-state index contributed by atoms with van der Waals surface area (Å²) < 4.78 is 13.6. The summed E-state index contributed by atoms with van der Waals surface area (Å²) in [6.07, 6.45) is 3.86. The maximum atomic E-state index is 11.0. The number of carboxylic acid groups (broad SMARTS) is 1. The zero-order valence-corrected chi connectivity index (χ0v) is 19.9. The van der Waals surface area contributed by atoms with Gasteiger partial charge in [-0.1, -0.05) is 28.9 Å². The van der Waals surface area contributed by atoms with E-state index >= 15 is 0 Å². The molecule has 0 saturated heterocycles. The number of ether oxygens (including phenoxy) is 1. The molecule has 0 saturated carbocycles. The fraction of sp³-hybridized carbons (Fsp3) is 0.346. The van der Waals surface area contributed by atoms with Crippen LogP contribution in [0.3, 0.4) is 0 Å². The molecule has 8 heteroatoms. The molecule has 4 aromatic rings. The van der Waals surface area contributed by atoms with Crippen molar-refractivity contribution in [3.8, 4) is 28.6 Å². The van der Waals surface area contributed by atoms with Gasteiger partial charge in [0.25, 0.3) is 5.89 Å². The van der Waals surface area contributed by atoms with Crippen LogP contribution in [0.2, 0.25) is 5.02 Å². The molecule has 0 atom stereocenters. The molecule has 0 bridgehead atoms. The van der Waals surface area contributed by atoms with Gasteiger partial charge in [0, 0.05) is 40.7 Å². The molecule has 2 heterocycles. The molecule has 0 unspecified atom stereocenters. The standard InChI is InChI=1S/C26H26ClN3O4/c1-15(2)33-22-12-11-16(14-19(22)27)26-28-25(29-34-26)18-7-4-9-21-24(18)17-6-3-8-20(17)30(21)13-5-10-23(31)32/h4,7,9,11-12,14-15H,3,5-6,8,10,13H2,1-2H3,(H,31,32). The topological polar surface area (TPSA) is 90.4 Å². The van der Waals surface area contributed by atoms with Crippen molar-refractivity contribution < 1.29 is 19.2 Å². The summed E-state index contributed by atoms with van der Waals surface area (Å²) in [6, 6.07) is 11.5. The Morgan fingerprint density at radius 1 is 1.26 bits per heavy atom. The van der Waals surface area contributed by atoms with Crippen molar-refractivity contribution in [3.63, 3.8) is 0 Å². The molecular formula is C26H26ClN3O4. The third-order valence-electron chi connectivity index (χ3n) is 6.13. The highest BCUT2D eigenvalue weighted by molar-refractivity contribution is 6.32. The molecule has 0 aliphatic heterocycles. The lowest BCUT2D eigenvalue weighted by Crippen LogP contribution is -2.05. The van der Waals surface area contributed by atoms with E-state index in [-0.39, 0.29) is 12.5 Å². The van der Waals surface area contributed by atoms with Crippen LogP contribution in [0.25, 0.3) is 33.7 Å². The molecule has 34 heavy (non-hydrogen) atoms. The number of benzene rings is 2. The first kappa shape index (κ1) is 22.5. The van der Waals surface area contributed by atoms with Crippen LogP contribution >= 0.6 is 11.6 Å². The van der Waals surface area contributed by atoms with Crippen molar-refractivity contribution in [1.29, 1.82) is 0 Å². The van der Waals surface area contributed by atoms with Gasteiger partial charge in [0.15, 0.2) is 0 Å². The summed E-state index contributed by atoms with van der Waals surface area (Å²) in [5.74, 6) is 0.765. The van der Waals surface area contributed by atoms with E-state index in [9.17, 15) is 4.79 Å². The monoisotopic (exact) mass is 479 g/mol. The van der Waals surface area contributed by atoms with Crippen LogP contribution in [0, 0.1) is 0 Å². The molecule has 176 valence electrons. The minimum Gasteiger partial charge on any atom is -0.489 e. The number of carboxylic acids is 1. The molecular weight excluding hydrogens is 454 g/mol. The van der Waals surface area contributed by atoms with E-state index in [1.165, 1.54) is 11.3 Å². The summed E-state index contributed by atoms with van der Waals surface area (Å²) in [5.41, 5.74) is 5.35. The Hall–Kier alpha value is -3.32. The van der Waals surface area contributed by atoms with Gasteiger partial charge in [0.1, 0.15) is 5.75 Å². The SMILES string of the molecule is CC(C)Oc1ccc(-c2nc(-c3cccc4c3c3c(n4CCCC(=O)O)CCC3)no2)cc1Cl. The molecule has 1 aliphatic rings. The lowest BCUT2D eigenvalue weighted by molar-refractivity contribution is -0.137. The first-order valence-electron chi connectivity index (χ1n) is 11.6. The van der Waals surface area contributed by atoms with E-state index < -0.39 is 5.97 Å². The average Bonchev–Trinajstić information content (AvgIpc) is 3.52. The van der Waals surface area contributed by atoms with Crippen LogP contribution in [0.4, 0.5) is 0 Å². The Morgan fingerprint density at radius 2 is 2.12 bits per heavy atom. The summed E-state index contributed by atoms with van der Waals surface area (Å²) in [5, 5.41) is 15.0. The summed E-state index contributed by atoms with van der Waals surface area (Å²) in [7, 11) is 0. The molecule has 0 amide bonds. The smallest absolute Gasteiger partial charge is 0.303 e. The van der Waals surface area contributed by atoms with Crippen molar-refractivity contribution in [1.82, 2.24) is 14.7 Å². The first-order chi connectivity index (χ1) is 16.4. The molecule has 0 radical (unpaired) electrons. The number of aryl methyl sites for hydroxylation is 2. The quantitative estimate of drug-likeness (QED) is 0.326. The number of hydrogen-bond donors (Lipinski definition) is 1. The number of halogens is 1. The van der Waals surface area contributed by atoms with E-state index in [2.05, 4.69) is 20.8 Å². The van der Waals surface area contributed by atoms with Gasteiger partial charge in [-0.05, 0) is 69.4 Å². The third kappa shape index (κ3) is 4.16. The lowest BCUT2D eigenvalue weighted by Gasteiger charge is -2.11. The van der Waals surface area contributed by atoms with E-state index in [1.807, 2.05) is 38.1 Å². The molecule has 1 aliphatic carbocycles. The summed E-state index contributed by atoms with van der Waals surface area (Å²) in [4.78, 5) is 15.7. The van der Waals surface area contributed by atoms with Gasteiger partial charge in [-0.2, -0.15) is 4.98 Å². The second kappa shape index (κ2) is 9.14. The summed E-state index contributed by atoms with van der Waals surface area (Å²) >= 11 is 6.40. The Morgan fingerprint density at radius 3 is 2.88 bits per heavy atom. The predicted molar refractivity (Wildman–Crippen MR) is 130 cm³/mol. The minimum absolute atomic E-state index is 0.0250. The fourth-order valence-electron chi connectivity index (χ4n) is 4.79. The van der Waals surface area contributed by atoms with Crippen molar-refractivity contribution >= 4 is 28.5 Å². The van der Waals surface area contributed by atoms with Crippen molar-refractivity contribution in [3.05, 3.63) is 52.7 Å². The molecule has 5 rings (SSSR count). The maximum absolute atomic E-state index is 11.0. The van der Waals surface area contributed by atoms with E-state index in [1.54, 1.807) is 6.07 Å². The number of aliphatic carboxylic acids is 1. The highest BCUT2D eigenvalue weighted by atomic mass is 35.5. The second-order valence-corrected chi connectivity index (χ2v) is 9.27. The minimum atomic E-state index is -0.767. The van der Waals surface area contributed by atoms with Crippen LogP contribution in [0.5, 0.6) is 5.75 Å². The molecule has 7 nitrogen and oxygen atoms in total. The molecule has 2 aromatic carbocycles. The summed E-state index contributed by atoms with van der Waals surface area (Å²) in [6.45, 7) is 4.58. The largest absolute Gasteiger partial charge is 0.489 e. The zero-order chi connectivity index (χ0) is 23.8. The third-order valence-corrected chi connectivity index (χ3v) is 6.43. The molecule has 0 spiro atoms. The van der Waals surface area contributed by atoms with Gasteiger partial charge >= 0.3 is 5.97 Å². The van der Waals surface area contributed by atoms with E-state index in [4.69, 9.17) is 26.0 Å². The van der Waals surface area contributed by atoms with Gasteiger partial charge in [-0.3, -0.25) is 4.79 Å². The number of carbonyl (C=O) groups is 1. The van der Waals surface area contributed by atoms with E-state index in [0.717, 1.165) is 41.3 Å². The van der Waals surface area contributed by atoms with Gasteiger partial charge in [-0.25, -0.2) is 0 Å². The predicted octanol–water partition coefficient (Wildman–Crippen LogP) is 6.15. The molecule has 1 N–H and O–H groups in total. The normalized spacial score (nSPS) is 13.1. The highest BCUT2D eigenvalue weighted by Crippen LogP contribution is 2.39. The van der Waals surface area contributed by atoms with Gasteiger partial charge in [0.2, 0.25) is 5.82 Å². The molecule has 0 fully saturated rings. The Labute approximate surface area is 202 Å². The lowest BCUT2D eigenvalue weighted by atomic mass is 10.0. The Balaban J connectivity index is 1.52. The Kier molecular flexibility index (Phi) is 6.04. The van der Waals surface area contributed by atoms with Crippen molar-refractivity contribution in [2.75, 3.05) is 0 Å².